The molecule has 0 unspecified atom stereocenters. The van der Waals surface area contributed by atoms with Crippen LogP contribution >= 0.6 is 0 Å². The number of benzene rings is 1. The maximum absolute atomic E-state index is 12.5. The summed E-state index contributed by atoms with van der Waals surface area (Å²) in [6, 6.07) is 11.8. The number of anilines is 3. The Morgan fingerprint density at radius 1 is 1.04 bits per heavy atom. The van der Waals surface area contributed by atoms with Crippen molar-refractivity contribution in [3.8, 4) is 0 Å². The lowest BCUT2D eigenvalue weighted by Gasteiger charge is -2.27. The van der Waals surface area contributed by atoms with Crippen molar-refractivity contribution in [2.75, 3.05) is 41.3 Å². The van der Waals surface area contributed by atoms with E-state index in [1.54, 1.807) is 6.20 Å². The van der Waals surface area contributed by atoms with Gasteiger partial charge in [-0.1, -0.05) is 0 Å². The van der Waals surface area contributed by atoms with Gasteiger partial charge in [-0.15, -0.1) is 0 Å². The number of carbonyl (C=O) groups excluding carboxylic acids is 1. The molecule has 1 aliphatic rings. The molecule has 138 valence electrons. The number of carbonyl (C=O) groups is 1. The number of pyridine rings is 1. The van der Waals surface area contributed by atoms with Crippen LogP contribution < -0.4 is 15.1 Å². The van der Waals surface area contributed by atoms with Gasteiger partial charge in [-0.05, 0) is 69.5 Å². The molecule has 0 aliphatic carbocycles. The number of hydrogen-bond donors (Lipinski definition) is 1. The molecule has 0 bridgehead atoms. The van der Waals surface area contributed by atoms with Gasteiger partial charge in [0.2, 0.25) is 0 Å². The highest BCUT2D eigenvalue weighted by molar-refractivity contribution is 6.04. The van der Waals surface area contributed by atoms with E-state index in [1.165, 1.54) is 24.9 Å². The van der Waals surface area contributed by atoms with Gasteiger partial charge in [-0.25, -0.2) is 4.98 Å². The predicted octanol–water partition coefficient (Wildman–Crippen LogP) is 4.17. The van der Waals surface area contributed by atoms with Gasteiger partial charge in [0.05, 0.1) is 5.56 Å². The average molecular weight is 352 g/mol. The van der Waals surface area contributed by atoms with Crippen molar-refractivity contribution in [2.45, 2.75) is 33.1 Å². The van der Waals surface area contributed by atoms with Gasteiger partial charge < -0.3 is 15.1 Å². The summed E-state index contributed by atoms with van der Waals surface area (Å²) in [6.45, 7) is 8.32. The van der Waals surface area contributed by atoms with Crippen molar-refractivity contribution in [1.29, 1.82) is 0 Å². The summed E-state index contributed by atoms with van der Waals surface area (Å²) >= 11 is 0. The fourth-order valence-corrected chi connectivity index (χ4v) is 3.38. The minimum absolute atomic E-state index is 0.127. The number of rotatable bonds is 6. The quantitative estimate of drug-likeness (QED) is 0.848. The van der Waals surface area contributed by atoms with Crippen molar-refractivity contribution in [2.24, 2.45) is 0 Å². The van der Waals surface area contributed by atoms with Crippen LogP contribution in [0, 0.1) is 0 Å². The highest BCUT2D eigenvalue weighted by atomic mass is 16.1. The molecule has 5 heteroatoms. The van der Waals surface area contributed by atoms with E-state index in [0.717, 1.165) is 37.7 Å². The average Bonchev–Trinajstić information content (AvgIpc) is 2.71. The highest BCUT2D eigenvalue weighted by Crippen LogP contribution is 2.20. The van der Waals surface area contributed by atoms with Crippen molar-refractivity contribution in [1.82, 2.24) is 4.98 Å². The van der Waals surface area contributed by atoms with E-state index < -0.39 is 0 Å². The molecular formula is C21H28N4O. The first-order chi connectivity index (χ1) is 12.7. The summed E-state index contributed by atoms with van der Waals surface area (Å²) in [7, 11) is 0. The van der Waals surface area contributed by atoms with Crippen LogP contribution in [0.4, 0.5) is 17.2 Å². The Bertz CT molecular complexity index is 702. The summed E-state index contributed by atoms with van der Waals surface area (Å²) < 4.78 is 0. The number of piperidine rings is 1. The number of nitrogens with zero attached hydrogens (tertiary/aromatic N) is 3. The topological polar surface area (TPSA) is 48.5 Å². The van der Waals surface area contributed by atoms with E-state index in [4.69, 9.17) is 0 Å². The van der Waals surface area contributed by atoms with E-state index in [1.807, 2.05) is 36.4 Å². The second-order valence-corrected chi connectivity index (χ2v) is 6.63. The van der Waals surface area contributed by atoms with Crippen LogP contribution in [0.15, 0.2) is 42.6 Å². The number of nitrogens with one attached hydrogen (secondary N) is 1. The molecule has 1 aromatic heterocycles. The zero-order valence-corrected chi connectivity index (χ0v) is 15.7. The van der Waals surface area contributed by atoms with E-state index in [0.29, 0.717) is 5.56 Å². The molecule has 1 aromatic carbocycles. The molecule has 0 saturated carbocycles. The lowest BCUT2D eigenvalue weighted by Crippen LogP contribution is -2.30. The molecule has 0 radical (unpaired) electrons. The van der Waals surface area contributed by atoms with E-state index in [-0.39, 0.29) is 5.91 Å². The first-order valence-electron chi connectivity index (χ1n) is 9.58. The first-order valence-corrected chi connectivity index (χ1v) is 9.58. The molecule has 1 fully saturated rings. The Morgan fingerprint density at radius 3 is 2.31 bits per heavy atom. The SMILES string of the molecule is CCN(CC)c1ccc(NC(=O)c2ccc(N3CCCCC3)nc2)cc1. The summed E-state index contributed by atoms with van der Waals surface area (Å²) in [5.41, 5.74) is 2.55. The van der Waals surface area contributed by atoms with Crippen molar-refractivity contribution >= 4 is 23.1 Å². The largest absolute Gasteiger partial charge is 0.372 e. The molecule has 1 aliphatic heterocycles. The van der Waals surface area contributed by atoms with Crippen LogP contribution in [-0.4, -0.2) is 37.1 Å². The fraction of sp³-hybridized carbons (Fsp3) is 0.429. The van der Waals surface area contributed by atoms with E-state index in [9.17, 15) is 4.79 Å². The van der Waals surface area contributed by atoms with Gasteiger partial charge in [0.1, 0.15) is 5.82 Å². The molecule has 2 heterocycles. The Kier molecular flexibility index (Phi) is 6.10. The van der Waals surface area contributed by atoms with Gasteiger partial charge in [-0.3, -0.25) is 4.79 Å². The molecule has 1 N–H and O–H groups in total. The second kappa shape index (κ2) is 8.70. The molecule has 1 amide bonds. The maximum atomic E-state index is 12.5. The number of hydrogen-bond acceptors (Lipinski definition) is 4. The van der Waals surface area contributed by atoms with Crippen LogP contribution in [0.3, 0.4) is 0 Å². The fourth-order valence-electron chi connectivity index (χ4n) is 3.38. The smallest absolute Gasteiger partial charge is 0.257 e. The van der Waals surface area contributed by atoms with E-state index in [2.05, 4.69) is 33.9 Å². The van der Waals surface area contributed by atoms with Crippen LogP contribution in [-0.2, 0) is 0 Å². The standard InChI is InChI=1S/C21H28N4O/c1-3-24(4-2)19-11-9-18(10-12-19)23-21(26)17-8-13-20(22-16-17)25-14-6-5-7-15-25/h8-13,16H,3-7,14-15H2,1-2H3,(H,23,26). The van der Waals surface area contributed by atoms with Crippen LogP contribution in [0.2, 0.25) is 0 Å². The molecule has 0 atom stereocenters. The maximum Gasteiger partial charge on any atom is 0.257 e. The number of aromatic nitrogens is 1. The van der Waals surface area contributed by atoms with Gasteiger partial charge in [0, 0.05) is 43.8 Å². The van der Waals surface area contributed by atoms with Crippen LogP contribution in [0.1, 0.15) is 43.5 Å². The third-order valence-electron chi connectivity index (χ3n) is 4.94. The van der Waals surface area contributed by atoms with Gasteiger partial charge >= 0.3 is 0 Å². The molecular weight excluding hydrogens is 324 g/mol. The van der Waals surface area contributed by atoms with Crippen LogP contribution in [0.5, 0.6) is 0 Å². The third kappa shape index (κ3) is 4.34. The van der Waals surface area contributed by atoms with Gasteiger partial charge in [-0.2, -0.15) is 0 Å². The number of amides is 1. The molecule has 26 heavy (non-hydrogen) atoms. The summed E-state index contributed by atoms with van der Waals surface area (Å²) in [4.78, 5) is 21.5. The minimum atomic E-state index is -0.127. The van der Waals surface area contributed by atoms with Gasteiger partial charge in [0.25, 0.3) is 5.91 Å². The summed E-state index contributed by atoms with van der Waals surface area (Å²) in [5, 5.41) is 2.95. The second-order valence-electron chi connectivity index (χ2n) is 6.63. The first kappa shape index (κ1) is 18.2. The van der Waals surface area contributed by atoms with Crippen molar-refractivity contribution < 1.29 is 4.79 Å². The highest BCUT2D eigenvalue weighted by Gasteiger charge is 2.13. The predicted molar refractivity (Wildman–Crippen MR) is 108 cm³/mol. The van der Waals surface area contributed by atoms with Gasteiger partial charge in [0.15, 0.2) is 0 Å². The van der Waals surface area contributed by atoms with Crippen LogP contribution in [0.25, 0.3) is 0 Å². The molecule has 3 rings (SSSR count). The lowest BCUT2D eigenvalue weighted by atomic mass is 10.1. The van der Waals surface area contributed by atoms with Crippen molar-refractivity contribution in [3.05, 3.63) is 48.2 Å². The summed E-state index contributed by atoms with van der Waals surface area (Å²) in [5.74, 6) is 0.836. The molecule has 0 spiro atoms. The Labute approximate surface area is 156 Å². The Hall–Kier alpha value is -2.56. The molecule has 5 nitrogen and oxygen atoms in total. The zero-order valence-electron chi connectivity index (χ0n) is 15.7. The minimum Gasteiger partial charge on any atom is -0.372 e. The third-order valence-corrected chi connectivity index (χ3v) is 4.94. The zero-order chi connectivity index (χ0) is 18.4. The molecule has 1 saturated heterocycles. The Balaban J connectivity index is 1.62. The van der Waals surface area contributed by atoms with E-state index >= 15 is 0 Å². The molecule has 2 aromatic rings. The summed E-state index contributed by atoms with van der Waals surface area (Å²) in [6.07, 6.45) is 5.40. The monoisotopic (exact) mass is 352 g/mol. The normalized spacial score (nSPS) is 14.2. The Morgan fingerprint density at radius 2 is 1.73 bits per heavy atom. The lowest BCUT2D eigenvalue weighted by molar-refractivity contribution is 0.102. The van der Waals surface area contributed by atoms with Crippen molar-refractivity contribution in [3.63, 3.8) is 0 Å².